The van der Waals surface area contributed by atoms with Gasteiger partial charge in [-0.1, -0.05) is 0 Å². The fourth-order valence-corrected chi connectivity index (χ4v) is 3.03. The van der Waals surface area contributed by atoms with Gasteiger partial charge in [-0.2, -0.15) is 5.26 Å². The van der Waals surface area contributed by atoms with Gasteiger partial charge in [0.25, 0.3) is 5.91 Å². The van der Waals surface area contributed by atoms with Crippen LogP contribution in [0.5, 0.6) is 0 Å². The molecular weight excluding hydrogens is 328 g/mol. The normalized spacial score (nSPS) is 12.5. The summed E-state index contributed by atoms with van der Waals surface area (Å²) >= 11 is 0. The molecule has 2 aromatic heterocycles. The number of nitrogens with zero attached hydrogens (tertiary/aromatic N) is 3. The van der Waals surface area contributed by atoms with Crippen molar-refractivity contribution in [1.82, 2.24) is 9.55 Å². The van der Waals surface area contributed by atoms with E-state index in [-0.39, 0.29) is 11.6 Å². The largest absolute Gasteiger partial charge is 0.383 e. The summed E-state index contributed by atoms with van der Waals surface area (Å²) in [6, 6.07) is 7.71. The van der Waals surface area contributed by atoms with E-state index >= 15 is 0 Å². The molecule has 0 aromatic carbocycles. The lowest BCUT2D eigenvalue weighted by Gasteiger charge is -2.17. The van der Waals surface area contributed by atoms with Crippen LogP contribution >= 0.6 is 0 Å². The van der Waals surface area contributed by atoms with Crippen LogP contribution in [0.4, 0.5) is 5.82 Å². The first-order valence-electron chi connectivity index (χ1n) is 8.40. The number of pyridine rings is 1. The van der Waals surface area contributed by atoms with E-state index in [4.69, 9.17) is 4.74 Å². The number of nitriles is 1. The van der Waals surface area contributed by atoms with Gasteiger partial charge in [-0.15, -0.1) is 0 Å². The minimum absolute atomic E-state index is 0.0351. The monoisotopic (exact) mass is 352 g/mol. The van der Waals surface area contributed by atoms with E-state index in [1.807, 2.05) is 39.0 Å². The number of aromatic nitrogens is 2. The third-order valence-corrected chi connectivity index (χ3v) is 4.19. The van der Waals surface area contributed by atoms with Gasteiger partial charge in [-0.05, 0) is 63.1 Å². The van der Waals surface area contributed by atoms with Gasteiger partial charge in [0.1, 0.15) is 17.5 Å². The van der Waals surface area contributed by atoms with E-state index in [0.29, 0.717) is 12.4 Å². The van der Waals surface area contributed by atoms with Crippen LogP contribution in [0.25, 0.3) is 6.08 Å². The first-order chi connectivity index (χ1) is 12.4. The van der Waals surface area contributed by atoms with Crippen molar-refractivity contribution < 1.29 is 9.53 Å². The van der Waals surface area contributed by atoms with Crippen LogP contribution in [0, 0.1) is 32.1 Å². The smallest absolute Gasteiger partial charge is 0.267 e. The third kappa shape index (κ3) is 4.38. The average molecular weight is 352 g/mol. The van der Waals surface area contributed by atoms with Gasteiger partial charge in [0.15, 0.2) is 0 Å². The molecule has 0 aliphatic carbocycles. The number of aryl methyl sites for hydroxylation is 2. The Morgan fingerprint density at radius 3 is 2.77 bits per heavy atom. The second kappa shape index (κ2) is 8.45. The lowest BCUT2D eigenvalue weighted by Crippen LogP contribution is -2.15. The molecule has 0 aliphatic heterocycles. The predicted octanol–water partition coefficient (Wildman–Crippen LogP) is 3.56. The Hall–Kier alpha value is -2.91. The molecule has 136 valence electrons. The molecule has 2 heterocycles. The van der Waals surface area contributed by atoms with Crippen LogP contribution in [0.3, 0.4) is 0 Å². The standard InChI is InChI=1S/C20H24N4O2/c1-13-6-7-22-19(8-13)23-20(25)18(11-21)10-17-9-14(2)24(16(17)4)15(3)12-26-5/h6-10,15H,12H2,1-5H3,(H,22,23,25). The highest BCUT2D eigenvalue weighted by atomic mass is 16.5. The number of anilines is 1. The van der Waals surface area contributed by atoms with Gasteiger partial charge in [0.05, 0.1) is 12.6 Å². The van der Waals surface area contributed by atoms with Crippen molar-refractivity contribution in [2.75, 3.05) is 19.0 Å². The average Bonchev–Trinajstić information content (AvgIpc) is 2.86. The minimum atomic E-state index is -0.472. The van der Waals surface area contributed by atoms with Crippen molar-refractivity contribution in [1.29, 1.82) is 5.26 Å². The SMILES string of the molecule is COCC(C)n1c(C)cc(C=C(C#N)C(=O)Nc2cc(C)ccn2)c1C. The highest BCUT2D eigenvalue weighted by molar-refractivity contribution is 6.09. The first kappa shape index (κ1) is 19.4. The number of ether oxygens (including phenoxy) is 1. The van der Waals surface area contributed by atoms with Crippen LogP contribution in [-0.2, 0) is 9.53 Å². The van der Waals surface area contributed by atoms with E-state index < -0.39 is 5.91 Å². The fraction of sp³-hybridized carbons (Fsp3) is 0.350. The van der Waals surface area contributed by atoms with Crippen molar-refractivity contribution in [3.63, 3.8) is 0 Å². The number of hydrogen-bond donors (Lipinski definition) is 1. The summed E-state index contributed by atoms with van der Waals surface area (Å²) in [5.41, 5.74) is 3.90. The van der Waals surface area contributed by atoms with E-state index in [9.17, 15) is 10.1 Å². The number of methoxy groups -OCH3 is 1. The Labute approximate surface area is 154 Å². The molecule has 1 atom stereocenters. The molecule has 26 heavy (non-hydrogen) atoms. The molecule has 0 bridgehead atoms. The molecule has 6 nitrogen and oxygen atoms in total. The zero-order valence-electron chi connectivity index (χ0n) is 15.8. The van der Waals surface area contributed by atoms with E-state index in [1.165, 1.54) is 0 Å². The Morgan fingerprint density at radius 1 is 1.42 bits per heavy atom. The number of carbonyl (C=O) groups excluding carboxylic acids is 1. The molecule has 0 radical (unpaired) electrons. The van der Waals surface area contributed by atoms with Gasteiger partial charge >= 0.3 is 0 Å². The quantitative estimate of drug-likeness (QED) is 0.637. The number of nitrogens with one attached hydrogen (secondary N) is 1. The number of rotatable bonds is 6. The molecule has 0 saturated carbocycles. The summed E-state index contributed by atoms with van der Waals surface area (Å²) in [7, 11) is 1.67. The molecule has 2 aromatic rings. The van der Waals surface area contributed by atoms with Crippen molar-refractivity contribution in [3.8, 4) is 6.07 Å². The second-order valence-corrected chi connectivity index (χ2v) is 6.34. The Kier molecular flexibility index (Phi) is 6.31. The maximum Gasteiger partial charge on any atom is 0.267 e. The summed E-state index contributed by atoms with van der Waals surface area (Å²) in [6.45, 7) is 8.54. The summed E-state index contributed by atoms with van der Waals surface area (Å²) in [6.07, 6.45) is 3.23. The lowest BCUT2D eigenvalue weighted by molar-refractivity contribution is -0.112. The Bertz CT molecular complexity index is 874. The number of hydrogen-bond acceptors (Lipinski definition) is 4. The minimum Gasteiger partial charge on any atom is -0.383 e. The van der Waals surface area contributed by atoms with Crippen LogP contribution in [0.2, 0.25) is 0 Å². The van der Waals surface area contributed by atoms with Gasteiger partial charge in [-0.25, -0.2) is 4.98 Å². The molecule has 0 fully saturated rings. The van der Waals surface area contributed by atoms with Gasteiger partial charge < -0.3 is 14.6 Å². The lowest BCUT2D eigenvalue weighted by atomic mass is 10.1. The summed E-state index contributed by atoms with van der Waals surface area (Å²) < 4.78 is 7.38. The number of amides is 1. The molecule has 0 saturated heterocycles. The maximum absolute atomic E-state index is 12.4. The molecular formula is C20H24N4O2. The molecule has 2 rings (SSSR count). The van der Waals surface area contributed by atoms with E-state index in [1.54, 1.807) is 25.4 Å². The summed E-state index contributed by atoms with van der Waals surface area (Å²) in [4.78, 5) is 16.5. The molecule has 0 spiro atoms. The zero-order valence-corrected chi connectivity index (χ0v) is 15.8. The highest BCUT2D eigenvalue weighted by Gasteiger charge is 2.16. The van der Waals surface area contributed by atoms with Crippen LogP contribution in [0.15, 0.2) is 30.0 Å². The van der Waals surface area contributed by atoms with Gasteiger partial charge in [0, 0.05) is 24.7 Å². The van der Waals surface area contributed by atoms with Gasteiger partial charge in [-0.3, -0.25) is 4.79 Å². The molecule has 0 aliphatic rings. The topological polar surface area (TPSA) is 79.9 Å². The molecule has 1 unspecified atom stereocenters. The molecule has 1 N–H and O–H groups in total. The first-order valence-corrected chi connectivity index (χ1v) is 8.40. The summed E-state index contributed by atoms with van der Waals surface area (Å²) in [5, 5.41) is 12.1. The maximum atomic E-state index is 12.4. The van der Waals surface area contributed by atoms with Crippen LogP contribution in [0.1, 0.15) is 35.5 Å². The molecule has 6 heteroatoms. The Balaban J connectivity index is 2.30. The van der Waals surface area contributed by atoms with Crippen molar-refractivity contribution >= 4 is 17.8 Å². The number of carbonyl (C=O) groups is 1. The fourth-order valence-electron chi connectivity index (χ4n) is 3.03. The highest BCUT2D eigenvalue weighted by Crippen LogP contribution is 2.23. The van der Waals surface area contributed by atoms with E-state index in [0.717, 1.165) is 22.5 Å². The second-order valence-electron chi connectivity index (χ2n) is 6.34. The zero-order chi connectivity index (χ0) is 19.3. The molecule has 1 amide bonds. The van der Waals surface area contributed by atoms with Crippen LogP contribution < -0.4 is 5.32 Å². The van der Waals surface area contributed by atoms with Crippen molar-refractivity contribution in [2.24, 2.45) is 0 Å². The predicted molar refractivity (Wildman–Crippen MR) is 102 cm³/mol. The Morgan fingerprint density at radius 2 is 2.15 bits per heavy atom. The van der Waals surface area contributed by atoms with E-state index in [2.05, 4.69) is 21.8 Å². The van der Waals surface area contributed by atoms with Crippen LogP contribution in [-0.4, -0.2) is 29.2 Å². The third-order valence-electron chi connectivity index (χ3n) is 4.19. The van der Waals surface area contributed by atoms with Gasteiger partial charge in [0.2, 0.25) is 0 Å². The van der Waals surface area contributed by atoms with Crippen molar-refractivity contribution in [3.05, 3.63) is 52.5 Å². The van der Waals surface area contributed by atoms with Crippen molar-refractivity contribution in [2.45, 2.75) is 33.7 Å². The summed E-state index contributed by atoms with van der Waals surface area (Å²) in [5.74, 6) is -0.0457.